The molecular weight excluding hydrogens is 282 g/mol. The molecule has 1 aliphatic heterocycles. The van der Waals surface area contributed by atoms with Crippen molar-refractivity contribution in [3.8, 4) is 0 Å². The summed E-state index contributed by atoms with van der Waals surface area (Å²) < 4.78 is 7.07. The van der Waals surface area contributed by atoms with Crippen LogP contribution in [0.15, 0.2) is 12.4 Å². The molecular formula is C16H27N3O3. The van der Waals surface area contributed by atoms with Crippen LogP contribution in [0.25, 0.3) is 0 Å². The number of hydrogen-bond donors (Lipinski definition) is 1. The smallest absolute Gasteiger partial charge is 0.320 e. The van der Waals surface area contributed by atoms with Gasteiger partial charge < -0.3 is 14.4 Å². The molecule has 0 amide bonds. The maximum atomic E-state index is 11.7. The zero-order valence-corrected chi connectivity index (χ0v) is 13.7. The first-order chi connectivity index (χ1) is 10.5. The fourth-order valence-electron chi connectivity index (χ4n) is 2.79. The van der Waals surface area contributed by atoms with Crippen LogP contribution in [-0.4, -0.2) is 51.8 Å². The molecule has 2 heterocycles. The van der Waals surface area contributed by atoms with Gasteiger partial charge in [0.25, 0.3) is 0 Å². The van der Waals surface area contributed by atoms with Crippen LogP contribution < -0.4 is 0 Å². The standard InChI is InChI=1S/C16H27N3O3/c1-12(2)11-22-14(20)10-19-7-4-13(5-8-19)15(21)16-17-6-9-18(16)3/h6,9,12-13,15,21H,4-5,7-8,10-11H2,1-3H3. The Hall–Kier alpha value is -1.40. The fourth-order valence-corrected chi connectivity index (χ4v) is 2.79. The summed E-state index contributed by atoms with van der Waals surface area (Å²) in [6.07, 6.45) is 4.75. The number of aromatic nitrogens is 2. The molecule has 1 fully saturated rings. The molecule has 0 aliphatic carbocycles. The Morgan fingerprint density at radius 3 is 2.68 bits per heavy atom. The molecule has 124 valence electrons. The number of carbonyl (C=O) groups excluding carboxylic acids is 1. The average molecular weight is 309 g/mol. The lowest BCUT2D eigenvalue weighted by Crippen LogP contribution is -2.39. The summed E-state index contributed by atoms with van der Waals surface area (Å²) in [5.74, 6) is 1.12. The molecule has 0 radical (unpaired) electrons. The first-order valence-corrected chi connectivity index (χ1v) is 8.00. The maximum absolute atomic E-state index is 11.7. The second-order valence-electron chi connectivity index (χ2n) is 6.53. The van der Waals surface area contributed by atoms with E-state index in [0.29, 0.717) is 19.1 Å². The Balaban J connectivity index is 1.76. The second kappa shape index (κ2) is 7.74. The molecule has 1 atom stereocenters. The number of ether oxygens (including phenoxy) is 1. The molecule has 1 aromatic rings. The van der Waals surface area contributed by atoms with Crippen LogP contribution in [0.3, 0.4) is 0 Å². The van der Waals surface area contributed by atoms with Crippen molar-refractivity contribution >= 4 is 5.97 Å². The highest BCUT2D eigenvalue weighted by Crippen LogP contribution is 2.29. The molecule has 2 rings (SSSR count). The second-order valence-corrected chi connectivity index (χ2v) is 6.53. The van der Waals surface area contributed by atoms with Gasteiger partial charge in [0.05, 0.1) is 13.2 Å². The van der Waals surface area contributed by atoms with Gasteiger partial charge in [0.2, 0.25) is 0 Å². The Morgan fingerprint density at radius 2 is 2.14 bits per heavy atom. The van der Waals surface area contributed by atoms with Crippen LogP contribution in [0.5, 0.6) is 0 Å². The summed E-state index contributed by atoms with van der Waals surface area (Å²) in [4.78, 5) is 18.1. The minimum absolute atomic E-state index is 0.156. The number of carbonyl (C=O) groups is 1. The lowest BCUT2D eigenvalue weighted by molar-refractivity contribution is -0.146. The van der Waals surface area contributed by atoms with E-state index in [1.54, 1.807) is 6.20 Å². The van der Waals surface area contributed by atoms with Crippen LogP contribution >= 0.6 is 0 Å². The average Bonchev–Trinajstić information content (AvgIpc) is 2.91. The van der Waals surface area contributed by atoms with E-state index in [-0.39, 0.29) is 11.9 Å². The van der Waals surface area contributed by atoms with Crippen LogP contribution in [-0.2, 0) is 16.6 Å². The summed E-state index contributed by atoms with van der Waals surface area (Å²) in [6.45, 7) is 6.49. The van der Waals surface area contributed by atoms with Gasteiger partial charge in [-0.15, -0.1) is 0 Å². The topological polar surface area (TPSA) is 67.6 Å². The van der Waals surface area contributed by atoms with Crippen LogP contribution in [0.2, 0.25) is 0 Å². The zero-order valence-electron chi connectivity index (χ0n) is 13.7. The van der Waals surface area contributed by atoms with Gasteiger partial charge in [-0.25, -0.2) is 4.98 Å². The van der Waals surface area contributed by atoms with Crippen molar-refractivity contribution in [1.82, 2.24) is 14.5 Å². The quantitative estimate of drug-likeness (QED) is 0.804. The maximum Gasteiger partial charge on any atom is 0.320 e. The van der Waals surface area contributed by atoms with Gasteiger partial charge in [0, 0.05) is 19.4 Å². The number of likely N-dealkylation sites (tertiary alicyclic amines) is 1. The SMILES string of the molecule is CC(C)COC(=O)CN1CCC(C(O)c2nccn2C)CC1. The summed E-state index contributed by atoms with van der Waals surface area (Å²) in [7, 11) is 1.89. The normalized spacial score (nSPS) is 18.6. The molecule has 6 nitrogen and oxygen atoms in total. The number of imidazole rings is 1. The van der Waals surface area contributed by atoms with E-state index in [1.807, 2.05) is 31.7 Å². The summed E-state index contributed by atoms with van der Waals surface area (Å²) >= 11 is 0. The van der Waals surface area contributed by atoms with Crippen LogP contribution in [0.1, 0.15) is 38.6 Å². The van der Waals surface area contributed by atoms with Gasteiger partial charge in [0.1, 0.15) is 11.9 Å². The summed E-state index contributed by atoms with van der Waals surface area (Å²) in [5, 5.41) is 10.4. The highest BCUT2D eigenvalue weighted by Gasteiger charge is 2.29. The van der Waals surface area contributed by atoms with Gasteiger partial charge in [-0.2, -0.15) is 0 Å². The molecule has 0 bridgehead atoms. The first-order valence-electron chi connectivity index (χ1n) is 8.00. The molecule has 22 heavy (non-hydrogen) atoms. The Morgan fingerprint density at radius 1 is 1.45 bits per heavy atom. The Kier molecular flexibility index (Phi) is 5.97. The van der Waals surface area contributed by atoms with E-state index in [4.69, 9.17) is 4.74 Å². The number of nitrogens with zero attached hydrogens (tertiary/aromatic N) is 3. The molecule has 0 spiro atoms. The van der Waals surface area contributed by atoms with E-state index in [2.05, 4.69) is 9.88 Å². The van der Waals surface area contributed by atoms with Crippen molar-refractivity contribution in [3.05, 3.63) is 18.2 Å². The minimum atomic E-state index is -0.532. The van der Waals surface area contributed by atoms with Crippen LogP contribution in [0.4, 0.5) is 0 Å². The molecule has 0 aromatic carbocycles. The first kappa shape index (κ1) is 17.0. The van der Waals surface area contributed by atoms with Crippen molar-refractivity contribution in [2.24, 2.45) is 18.9 Å². The van der Waals surface area contributed by atoms with E-state index in [9.17, 15) is 9.90 Å². The number of hydrogen-bond acceptors (Lipinski definition) is 5. The molecule has 0 saturated carbocycles. The number of esters is 1. The van der Waals surface area contributed by atoms with Crippen LogP contribution in [0, 0.1) is 11.8 Å². The van der Waals surface area contributed by atoms with Crippen molar-refractivity contribution in [1.29, 1.82) is 0 Å². The van der Waals surface area contributed by atoms with Crippen molar-refractivity contribution in [3.63, 3.8) is 0 Å². The third-order valence-electron chi connectivity index (χ3n) is 4.13. The molecule has 1 saturated heterocycles. The minimum Gasteiger partial charge on any atom is -0.464 e. The van der Waals surface area contributed by atoms with Crippen molar-refractivity contribution < 1.29 is 14.6 Å². The molecule has 1 N–H and O–H groups in total. The number of aliphatic hydroxyl groups is 1. The van der Waals surface area contributed by atoms with E-state index >= 15 is 0 Å². The molecule has 6 heteroatoms. The van der Waals surface area contributed by atoms with Gasteiger partial charge in [-0.1, -0.05) is 13.8 Å². The fraction of sp³-hybridized carbons (Fsp3) is 0.750. The highest BCUT2D eigenvalue weighted by molar-refractivity contribution is 5.71. The monoisotopic (exact) mass is 309 g/mol. The van der Waals surface area contributed by atoms with Gasteiger partial charge >= 0.3 is 5.97 Å². The van der Waals surface area contributed by atoms with Crippen molar-refractivity contribution in [2.75, 3.05) is 26.2 Å². The van der Waals surface area contributed by atoms with E-state index < -0.39 is 6.10 Å². The van der Waals surface area contributed by atoms with E-state index in [1.165, 1.54) is 0 Å². The predicted molar refractivity (Wildman–Crippen MR) is 83.1 cm³/mol. The predicted octanol–water partition coefficient (Wildman–Crippen LogP) is 1.36. The third kappa shape index (κ3) is 4.55. The van der Waals surface area contributed by atoms with E-state index in [0.717, 1.165) is 31.8 Å². The lowest BCUT2D eigenvalue weighted by atomic mass is 9.91. The summed E-state index contributed by atoms with van der Waals surface area (Å²) in [6, 6.07) is 0. The number of rotatable bonds is 6. The Labute approximate surface area is 132 Å². The number of aliphatic hydroxyl groups excluding tert-OH is 1. The lowest BCUT2D eigenvalue weighted by Gasteiger charge is -2.33. The molecule has 1 unspecified atom stereocenters. The molecule has 1 aromatic heterocycles. The largest absolute Gasteiger partial charge is 0.464 e. The van der Waals surface area contributed by atoms with Gasteiger partial charge in [0.15, 0.2) is 0 Å². The van der Waals surface area contributed by atoms with Gasteiger partial charge in [-0.05, 0) is 37.8 Å². The number of aryl methyl sites for hydroxylation is 1. The van der Waals surface area contributed by atoms with Crippen molar-refractivity contribution in [2.45, 2.75) is 32.8 Å². The zero-order chi connectivity index (χ0) is 16.1. The number of piperidine rings is 1. The molecule has 1 aliphatic rings. The third-order valence-corrected chi connectivity index (χ3v) is 4.13. The Bertz CT molecular complexity index is 479. The highest BCUT2D eigenvalue weighted by atomic mass is 16.5. The van der Waals surface area contributed by atoms with Gasteiger partial charge in [-0.3, -0.25) is 9.69 Å². The summed E-state index contributed by atoms with van der Waals surface area (Å²) in [5.41, 5.74) is 0.